The molecule has 190 valence electrons. The summed E-state index contributed by atoms with van der Waals surface area (Å²) >= 11 is 0. The maximum Gasteiger partial charge on any atom is 0.673 e. The lowest BCUT2D eigenvalue weighted by atomic mass is 10.3. The summed E-state index contributed by atoms with van der Waals surface area (Å²) in [5.74, 6) is 0.897. The molecule has 3 aromatic rings. The van der Waals surface area contributed by atoms with Crippen molar-refractivity contribution >= 4 is 18.1 Å². The van der Waals surface area contributed by atoms with Crippen molar-refractivity contribution in [2.45, 2.75) is 14.7 Å². The lowest BCUT2D eigenvalue weighted by molar-refractivity contribution is 0.0178. The van der Waals surface area contributed by atoms with E-state index in [9.17, 15) is 17.3 Å². The van der Waals surface area contributed by atoms with Gasteiger partial charge in [-0.15, -0.1) is 0 Å². The molecule has 10 heteroatoms. The number of halogens is 4. The standard InChI is InChI=1S/C25H29O4S.BF4/c1-26-16-17-27-18-19-28-20-21-29-24-14-8-9-15-25(24)30(22-10-4-2-5-11-22)23-12-6-3-7-13-23;2-1(3,4)5/h2-15H,16-21H2,1H3;/q+1;-1. The highest BCUT2D eigenvalue weighted by Crippen LogP contribution is 2.36. The Labute approximate surface area is 206 Å². The summed E-state index contributed by atoms with van der Waals surface area (Å²) in [6.07, 6.45) is 0. The number of hydrogen-bond acceptors (Lipinski definition) is 4. The van der Waals surface area contributed by atoms with Crippen LogP contribution in [0.1, 0.15) is 0 Å². The minimum atomic E-state index is -6.00. The highest BCUT2D eigenvalue weighted by Gasteiger charge is 2.31. The third-order valence-corrected chi connectivity index (χ3v) is 6.58. The summed E-state index contributed by atoms with van der Waals surface area (Å²) in [4.78, 5) is 3.71. The van der Waals surface area contributed by atoms with Crippen LogP contribution in [0.3, 0.4) is 0 Å². The van der Waals surface area contributed by atoms with Crippen LogP contribution >= 0.6 is 0 Å². The van der Waals surface area contributed by atoms with Crippen LogP contribution in [-0.2, 0) is 25.1 Å². The highest BCUT2D eigenvalue weighted by molar-refractivity contribution is 7.97. The van der Waals surface area contributed by atoms with Gasteiger partial charge in [0.2, 0.25) is 4.90 Å². The molecule has 0 aliphatic heterocycles. The van der Waals surface area contributed by atoms with Crippen LogP contribution in [0.2, 0.25) is 0 Å². The average molecular weight is 512 g/mol. The molecule has 0 fully saturated rings. The second-order valence-electron chi connectivity index (χ2n) is 6.94. The van der Waals surface area contributed by atoms with Crippen molar-refractivity contribution in [3.8, 4) is 5.75 Å². The van der Waals surface area contributed by atoms with E-state index in [-0.39, 0.29) is 10.9 Å². The van der Waals surface area contributed by atoms with Crippen molar-refractivity contribution in [3.63, 3.8) is 0 Å². The van der Waals surface area contributed by atoms with E-state index < -0.39 is 7.25 Å². The first-order valence-corrected chi connectivity index (χ1v) is 12.2. The first-order valence-electron chi connectivity index (χ1n) is 11.0. The number of rotatable bonds is 13. The Morgan fingerprint density at radius 1 is 0.600 bits per heavy atom. The second kappa shape index (κ2) is 16.2. The van der Waals surface area contributed by atoms with Crippen molar-refractivity contribution in [3.05, 3.63) is 84.9 Å². The van der Waals surface area contributed by atoms with Gasteiger partial charge in [-0.2, -0.15) is 0 Å². The number of methoxy groups -OCH3 is 1. The van der Waals surface area contributed by atoms with Gasteiger partial charge in [0.1, 0.15) is 17.5 Å². The van der Waals surface area contributed by atoms with Crippen molar-refractivity contribution in [1.29, 1.82) is 0 Å². The third-order valence-electron chi connectivity index (χ3n) is 4.32. The van der Waals surface area contributed by atoms with Gasteiger partial charge in [0.15, 0.2) is 15.5 Å². The summed E-state index contributed by atoms with van der Waals surface area (Å²) < 4.78 is 61.1. The predicted octanol–water partition coefficient (Wildman–Crippen LogP) is 6.14. The first kappa shape index (κ1) is 28.7. The smallest absolute Gasteiger partial charge is 0.486 e. The maximum absolute atomic E-state index is 9.75. The highest BCUT2D eigenvalue weighted by atomic mass is 32.2. The van der Waals surface area contributed by atoms with Gasteiger partial charge >= 0.3 is 7.25 Å². The van der Waals surface area contributed by atoms with Crippen LogP contribution in [0.4, 0.5) is 17.3 Å². The summed E-state index contributed by atoms with van der Waals surface area (Å²) in [6, 6.07) is 29.5. The minimum absolute atomic E-state index is 0.237. The quantitative estimate of drug-likeness (QED) is 0.119. The molecule has 0 N–H and O–H groups in total. The Morgan fingerprint density at radius 3 is 1.54 bits per heavy atom. The number of ether oxygens (including phenoxy) is 4. The van der Waals surface area contributed by atoms with Crippen molar-refractivity contribution < 1.29 is 36.2 Å². The van der Waals surface area contributed by atoms with E-state index in [0.29, 0.717) is 39.6 Å². The number of para-hydroxylation sites is 1. The molecule has 0 unspecified atom stereocenters. The molecule has 0 amide bonds. The van der Waals surface area contributed by atoms with Crippen molar-refractivity contribution in [2.24, 2.45) is 0 Å². The van der Waals surface area contributed by atoms with E-state index in [2.05, 4.69) is 72.8 Å². The van der Waals surface area contributed by atoms with E-state index in [1.807, 2.05) is 12.1 Å². The molecule has 0 atom stereocenters. The number of hydrogen-bond donors (Lipinski definition) is 0. The van der Waals surface area contributed by atoms with Gasteiger partial charge in [0, 0.05) is 7.11 Å². The van der Waals surface area contributed by atoms with Gasteiger partial charge in [0.05, 0.1) is 33.0 Å². The topological polar surface area (TPSA) is 36.9 Å². The average Bonchev–Trinajstić information content (AvgIpc) is 2.84. The van der Waals surface area contributed by atoms with Gasteiger partial charge in [-0.25, -0.2) is 0 Å². The van der Waals surface area contributed by atoms with E-state index >= 15 is 0 Å². The normalized spacial score (nSPS) is 11.1. The Morgan fingerprint density at radius 2 is 1.03 bits per heavy atom. The lowest BCUT2D eigenvalue weighted by Crippen LogP contribution is -2.13. The fraction of sp³-hybridized carbons (Fsp3) is 0.280. The van der Waals surface area contributed by atoms with E-state index in [1.165, 1.54) is 14.7 Å². The molecule has 0 radical (unpaired) electrons. The molecular formula is C25H29BF4O4S. The Hall–Kier alpha value is -2.53. The fourth-order valence-electron chi connectivity index (χ4n) is 2.92. The molecule has 0 aliphatic rings. The molecule has 3 aromatic carbocycles. The van der Waals surface area contributed by atoms with Crippen LogP contribution in [0.25, 0.3) is 0 Å². The molecule has 0 bridgehead atoms. The maximum atomic E-state index is 9.75. The van der Waals surface area contributed by atoms with E-state index in [0.717, 1.165) is 5.75 Å². The summed E-state index contributed by atoms with van der Waals surface area (Å²) in [5, 5.41) is 0. The monoisotopic (exact) mass is 512 g/mol. The van der Waals surface area contributed by atoms with Crippen LogP contribution < -0.4 is 4.74 Å². The summed E-state index contributed by atoms with van der Waals surface area (Å²) in [7, 11) is -4.58. The summed E-state index contributed by atoms with van der Waals surface area (Å²) in [5.41, 5.74) is 0. The predicted molar refractivity (Wildman–Crippen MR) is 131 cm³/mol. The Kier molecular flexibility index (Phi) is 13.3. The summed E-state index contributed by atoms with van der Waals surface area (Å²) in [6.45, 7) is 3.32. The van der Waals surface area contributed by atoms with Gasteiger partial charge in [0.25, 0.3) is 0 Å². The molecule has 3 rings (SSSR count). The molecule has 35 heavy (non-hydrogen) atoms. The minimum Gasteiger partial charge on any atom is -0.486 e. The molecule has 0 heterocycles. The van der Waals surface area contributed by atoms with Crippen LogP contribution in [-0.4, -0.2) is 54.0 Å². The van der Waals surface area contributed by atoms with E-state index in [4.69, 9.17) is 18.9 Å². The number of benzene rings is 3. The van der Waals surface area contributed by atoms with Gasteiger partial charge in [-0.1, -0.05) is 48.5 Å². The van der Waals surface area contributed by atoms with Crippen LogP contribution in [0, 0.1) is 0 Å². The van der Waals surface area contributed by atoms with Crippen molar-refractivity contribution in [1.82, 2.24) is 0 Å². The van der Waals surface area contributed by atoms with Crippen molar-refractivity contribution in [2.75, 3.05) is 46.8 Å². The van der Waals surface area contributed by atoms with Gasteiger partial charge in [-0.05, 0) is 36.4 Å². The first-order chi connectivity index (χ1) is 16.9. The molecule has 0 aliphatic carbocycles. The van der Waals surface area contributed by atoms with Gasteiger partial charge < -0.3 is 36.2 Å². The van der Waals surface area contributed by atoms with Gasteiger partial charge in [-0.3, -0.25) is 0 Å². The zero-order chi connectivity index (χ0) is 25.4. The zero-order valence-electron chi connectivity index (χ0n) is 19.5. The fourth-order valence-corrected chi connectivity index (χ4v) is 5.10. The molecule has 4 nitrogen and oxygen atoms in total. The lowest BCUT2D eigenvalue weighted by Gasteiger charge is -2.13. The molecule has 0 aromatic heterocycles. The SMILES string of the molecule is COCCOCCOCCOc1ccccc1[S+](c1ccccc1)c1ccccc1.F[B-](F)(F)F. The molecular weight excluding hydrogens is 483 g/mol. The zero-order valence-corrected chi connectivity index (χ0v) is 20.3. The van der Waals surface area contributed by atoms with E-state index in [1.54, 1.807) is 7.11 Å². The van der Waals surface area contributed by atoms with Crippen LogP contribution in [0.15, 0.2) is 99.6 Å². The second-order valence-corrected chi connectivity index (χ2v) is 8.93. The molecule has 0 saturated heterocycles. The van der Waals surface area contributed by atoms with Crippen LogP contribution in [0.5, 0.6) is 5.75 Å². The third kappa shape index (κ3) is 12.1. The largest absolute Gasteiger partial charge is 0.673 e. The molecule has 0 saturated carbocycles. The Balaban J connectivity index is 0.000000784. The Bertz CT molecular complexity index is 903. The molecule has 0 spiro atoms.